The van der Waals surface area contributed by atoms with Crippen LogP contribution in [0.1, 0.15) is 38.9 Å². The van der Waals surface area contributed by atoms with E-state index in [2.05, 4.69) is 23.4 Å². The van der Waals surface area contributed by atoms with Crippen molar-refractivity contribution in [1.82, 2.24) is 9.55 Å². The van der Waals surface area contributed by atoms with Gasteiger partial charge in [-0.15, -0.1) is 0 Å². The molecule has 1 heterocycles. The monoisotopic (exact) mass is 222 g/mol. The highest BCUT2D eigenvalue weighted by Crippen LogP contribution is 2.38. The minimum absolute atomic E-state index is 0.231. The van der Waals surface area contributed by atoms with E-state index in [0.29, 0.717) is 12.3 Å². The molecule has 1 aliphatic carbocycles. The number of aliphatic hydroxyl groups is 1. The molecule has 16 heavy (non-hydrogen) atoms. The quantitative estimate of drug-likeness (QED) is 0.801. The van der Waals surface area contributed by atoms with Gasteiger partial charge in [0.1, 0.15) is 5.82 Å². The molecule has 90 valence electrons. The number of imidazole rings is 1. The van der Waals surface area contributed by atoms with Crippen LogP contribution in [0.3, 0.4) is 0 Å². The second-order valence-corrected chi connectivity index (χ2v) is 5.00. The average molecular weight is 222 g/mol. The summed E-state index contributed by atoms with van der Waals surface area (Å²) in [5, 5.41) is 10.1. The molecule has 1 aliphatic rings. The Bertz CT molecular complexity index is 330. The van der Waals surface area contributed by atoms with Crippen LogP contribution in [0.5, 0.6) is 0 Å². The predicted molar refractivity (Wildman–Crippen MR) is 64.1 cm³/mol. The molecular formula is C13H22N2O. The summed E-state index contributed by atoms with van der Waals surface area (Å²) in [4.78, 5) is 4.34. The zero-order valence-electron chi connectivity index (χ0n) is 10.3. The summed E-state index contributed by atoms with van der Waals surface area (Å²) < 4.78 is 2.16. The molecule has 0 bridgehead atoms. The first-order valence-electron chi connectivity index (χ1n) is 6.40. The van der Waals surface area contributed by atoms with Crippen molar-refractivity contribution >= 4 is 0 Å². The van der Waals surface area contributed by atoms with Crippen LogP contribution in [-0.2, 0) is 13.0 Å². The Balaban J connectivity index is 1.93. The van der Waals surface area contributed by atoms with Gasteiger partial charge in [-0.1, -0.05) is 13.8 Å². The zero-order valence-corrected chi connectivity index (χ0v) is 10.3. The molecule has 3 heteroatoms. The van der Waals surface area contributed by atoms with Crippen molar-refractivity contribution < 1.29 is 5.11 Å². The van der Waals surface area contributed by atoms with Gasteiger partial charge in [-0.25, -0.2) is 4.98 Å². The van der Waals surface area contributed by atoms with Crippen molar-refractivity contribution in [2.45, 2.75) is 52.2 Å². The zero-order chi connectivity index (χ0) is 11.5. The Morgan fingerprint density at radius 1 is 1.56 bits per heavy atom. The molecule has 2 atom stereocenters. The second kappa shape index (κ2) is 5.00. The van der Waals surface area contributed by atoms with Crippen LogP contribution in [0.2, 0.25) is 0 Å². The Morgan fingerprint density at radius 3 is 2.94 bits per heavy atom. The molecule has 0 aromatic carbocycles. The van der Waals surface area contributed by atoms with Crippen LogP contribution in [0.25, 0.3) is 0 Å². The smallest absolute Gasteiger partial charge is 0.111 e. The molecule has 1 N–H and O–H groups in total. The van der Waals surface area contributed by atoms with Crippen LogP contribution >= 0.6 is 0 Å². The fourth-order valence-corrected chi connectivity index (χ4v) is 2.28. The fourth-order valence-electron chi connectivity index (χ4n) is 2.28. The summed E-state index contributed by atoms with van der Waals surface area (Å²) in [6.45, 7) is 5.32. The van der Waals surface area contributed by atoms with Crippen molar-refractivity contribution in [3.8, 4) is 0 Å². The average Bonchev–Trinajstić information content (AvgIpc) is 3.03. The third-order valence-electron chi connectivity index (χ3n) is 3.63. The first-order valence-corrected chi connectivity index (χ1v) is 6.40. The lowest BCUT2D eigenvalue weighted by Gasteiger charge is -2.18. The van der Waals surface area contributed by atoms with E-state index in [1.165, 1.54) is 12.8 Å². The Labute approximate surface area is 97.5 Å². The van der Waals surface area contributed by atoms with Crippen molar-refractivity contribution in [1.29, 1.82) is 0 Å². The third kappa shape index (κ3) is 2.64. The largest absolute Gasteiger partial charge is 0.392 e. The molecule has 1 saturated carbocycles. The van der Waals surface area contributed by atoms with E-state index in [-0.39, 0.29) is 6.10 Å². The SMILES string of the molecule is CCCn1ccnc1CC(O)C(C)C1CC1. The van der Waals surface area contributed by atoms with Crippen LogP contribution in [-0.4, -0.2) is 20.8 Å². The number of aliphatic hydroxyl groups excluding tert-OH is 1. The van der Waals surface area contributed by atoms with E-state index in [1.807, 2.05) is 12.4 Å². The number of hydrogen-bond donors (Lipinski definition) is 1. The molecule has 1 aromatic heterocycles. The van der Waals surface area contributed by atoms with Gasteiger partial charge >= 0.3 is 0 Å². The summed E-state index contributed by atoms with van der Waals surface area (Å²) in [5.41, 5.74) is 0. The normalized spacial score (nSPS) is 19.7. The van der Waals surface area contributed by atoms with Gasteiger partial charge in [0.05, 0.1) is 6.10 Å². The third-order valence-corrected chi connectivity index (χ3v) is 3.63. The lowest BCUT2D eigenvalue weighted by Crippen LogP contribution is -2.23. The summed E-state index contributed by atoms with van der Waals surface area (Å²) in [7, 11) is 0. The molecule has 2 rings (SSSR count). The predicted octanol–water partition coefficient (Wildman–Crippen LogP) is 2.24. The molecule has 0 saturated heterocycles. The molecule has 0 aliphatic heterocycles. The molecule has 0 radical (unpaired) electrons. The molecule has 0 amide bonds. The highest BCUT2D eigenvalue weighted by molar-refractivity contribution is 4.96. The van der Waals surface area contributed by atoms with Crippen LogP contribution in [0.15, 0.2) is 12.4 Å². The number of aromatic nitrogens is 2. The minimum Gasteiger partial charge on any atom is -0.392 e. The molecule has 0 spiro atoms. The molecule has 1 aromatic rings. The van der Waals surface area contributed by atoms with Crippen molar-refractivity contribution in [3.63, 3.8) is 0 Å². The highest BCUT2D eigenvalue weighted by Gasteiger charge is 2.32. The number of hydrogen-bond acceptors (Lipinski definition) is 2. The second-order valence-electron chi connectivity index (χ2n) is 5.00. The van der Waals surface area contributed by atoms with E-state index in [9.17, 15) is 5.11 Å². The molecule has 1 fully saturated rings. The molecular weight excluding hydrogens is 200 g/mol. The minimum atomic E-state index is -0.231. The lowest BCUT2D eigenvalue weighted by atomic mass is 9.96. The van der Waals surface area contributed by atoms with E-state index in [4.69, 9.17) is 0 Å². The molecule has 2 unspecified atom stereocenters. The Hall–Kier alpha value is -0.830. The van der Waals surface area contributed by atoms with Gasteiger partial charge in [0, 0.05) is 25.4 Å². The fraction of sp³-hybridized carbons (Fsp3) is 0.769. The van der Waals surface area contributed by atoms with Crippen molar-refractivity contribution in [3.05, 3.63) is 18.2 Å². The highest BCUT2D eigenvalue weighted by atomic mass is 16.3. The topological polar surface area (TPSA) is 38.0 Å². The first-order chi connectivity index (χ1) is 7.72. The van der Waals surface area contributed by atoms with Gasteiger partial charge in [-0.3, -0.25) is 0 Å². The maximum atomic E-state index is 10.1. The number of nitrogens with zero attached hydrogens (tertiary/aromatic N) is 2. The van der Waals surface area contributed by atoms with Gasteiger partial charge in [0.2, 0.25) is 0 Å². The summed E-state index contributed by atoms with van der Waals surface area (Å²) >= 11 is 0. The van der Waals surface area contributed by atoms with E-state index in [1.54, 1.807) is 0 Å². The van der Waals surface area contributed by atoms with Crippen LogP contribution in [0.4, 0.5) is 0 Å². The van der Waals surface area contributed by atoms with Gasteiger partial charge in [-0.2, -0.15) is 0 Å². The summed E-state index contributed by atoms with van der Waals surface area (Å²) in [5.74, 6) is 2.21. The van der Waals surface area contributed by atoms with E-state index < -0.39 is 0 Å². The Kier molecular flexibility index (Phi) is 3.64. The summed E-state index contributed by atoms with van der Waals surface area (Å²) in [6, 6.07) is 0. The molecule has 3 nitrogen and oxygen atoms in total. The van der Waals surface area contributed by atoms with Gasteiger partial charge in [0.25, 0.3) is 0 Å². The van der Waals surface area contributed by atoms with Gasteiger partial charge in [-0.05, 0) is 31.1 Å². The van der Waals surface area contributed by atoms with Crippen LogP contribution in [0, 0.1) is 11.8 Å². The Morgan fingerprint density at radius 2 is 2.31 bits per heavy atom. The van der Waals surface area contributed by atoms with E-state index in [0.717, 1.165) is 24.7 Å². The van der Waals surface area contributed by atoms with Gasteiger partial charge < -0.3 is 9.67 Å². The van der Waals surface area contributed by atoms with Gasteiger partial charge in [0.15, 0.2) is 0 Å². The van der Waals surface area contributed by atoms with Crippen molar-refractivity contribution in [2.75, 3.05) is 0 Å². The van der Waals surface area contributed by atoms with Crippen LogP contribution < -0.4 is 0 Å². The first kappa shape index (κ1) is 11.6. The van der Waals surface area contributed by atoms with E-state index >= 15 is 0 Å². The number of aryl methyl sites for hydroxylation is 1. The standard InChI is InChI=1S/C13H22N2O/c1-3-7-15-8-6-14-13(15)9-12(16)10(2)11-4-5-11/h6,8,10-12,16H,3-5,7,9H2,1-2H3. The maximum Gasteiger partial charge on any atom is 0.111 e. The number of rotatable bonds is 6. The maximum absolute atomic E-state index is 10.1. The van der Waals surface area contributed by atoms with Crippen molar-refractivity contribution in [2.24, 2.45) is 11.8 Å². The summed E-state index contributed by atoms with van der Waals surface area (Å²) in [6.07, 6.45) is 8.00. The lowest BCUT2D eigenvalue weighted by molar-refractivity contribution is 0.102.